The van der Waals surface area contributed by atoms with Crippen LogP contribution in [0.15, 0.2) is 36.5 Å². The zero-order chi connectivity index (χ0) is 13.2. The van der Waals surface area contributed by atoms with E-state index in [2.05, 4.69) is 4.98 Å². The smallest absolute Gasteiger partial charge is 0.226 e. The van der Waals surface area contributed by atoms with Crippen molar-refractivity contribution in [2.75, 3.05) is 6.61 Å². The van der Waals surface area contributed by atoms with Crippen molar-refractivity contribution >= 4 is 16.8 Å². The summed E-state index contributed by atoms with van der Waals surface area (Å²) in [6.45, 7) is 3.75. The molecule has 0 fully saturated rings. The lowest BCUT2D eigenvalue weighted by Gasteiger charge is -2.21. The third kappa shape index (κ3) is 2.42. The molecule has 0 aliphatic carbocycles. The molecule has 0 spiro atoms. The molecular weight excluding hydrogens is 228 g/mol. The number of carbonyl (C=O) groups is 1. The lowest BCUT2D eigenvalue weighted by Crippen LogP contribution is -2.36. The van der Waals surface area contributed by atoms with Crippen LogP contribution in [0.4, 0.5) is 0 Å². The van der Waals surface area contributed by atoms with E-state index in [-0.39, 0.29) is 12.5 Å². The highest BCUT2D eigenvalue weighted by molar-refractivity contribution is 5.84. The third-order valence-corrected chi connectivity index (χ3v) is 2.85. The summed E-state index contributed by atoms with van der Waals surface area (Å²) in [5.74, 6) is 0.290. The Bertz CT molecular complexity index is 574. The number of fused-ring (bicyclic) bond motifs is 1. The third-order valence-electron chi connectivity index (χ3n) is 2.85. The summed E-state index contributed by atoms with van der Waals surface area (Å²) in [6.07, 6.45) is 1.72. The van der Waals surface area contributed by atoms with Gasteiger partial charge in [-0.25, -0.2) is 0 Å². The SMILES string of the molecule is CC(C)(COc1cccc2cccnc12)C(N)=O. The number of para-hydroxylation sites is 1. The Kier molecular flexibility index (Phi) is 3.19. The Labute approximate surface area is 106 Å². The molecule has 1 aromatic heterocycles. The van der Waals surface area contributed by atoms with Crippen LogP contribution in [0.5, 0.6) is 5.75 Å². The van der Waals surface area contributed by atoms with Gasteiger partial charge in [0, 0.05) is 11.6 Å². The minimum absolute atomic E-state index is 0.234. The molecule has 2 rings (SSSR count). The minimum Gasteiger partial charge on any atom is -0.490 e. The fourth-order valence-electron chi connectivity index (χ4n) is 1.52. The quantitative estimate of drug-likeness (QED) is 0.896. The number of hydrogen-bond donors (Lipinski definition) is 1. The summed E-state index contributed by atoms with van der Waals surface area (Å²) in [7, 11) is 0. The van der Waals surface area contributed by atoms with E-state index < -0.39 is 5.41 Å². The molecule has 0 aliphatic rings. The monoisotopic (exact) mass is 244 g/mol. The molecule has 0 aliphatic heterocycles. The first kappa shape index (κ1) is 12.4. The molecule has 1 amide bonds. The maximum atomic E-state index is 11.2. The molecule has 0 bridgehead atoms. The van der Waals surface area contributed by atoms with Crippen molar-refractivity contribution in [3.8, 4) is 5.75 Å². The van der Waals surface area contributed by atoms with Gasteiger partial charge in [-0.1, -0.05) is 18.2 Å². The van der Waals surface area contributed by atoms with Crippen LogP contribution in [0.3, 0.4) is 0 Å². The normalized spacial score (nSPS) is 11.4. The molecule has 2 N–H and O–H groups in total. The van der Waals surface area contributed by atoms with Gasteiger partial charge in [0.05, 0.1) is 5.41 Å². The molecule has 0 atom stereocenters. The van der Waals surface area contributed by atoms with E-state index in [0.717, 1.165) is 10.9 Å². The Hall–Kier alpha value is -2.10. The van der Waals surface area contributed by atoms with Crippen LogP contribution in [0, 0.1) is 5.41 Å². The Morgan fingerprint density at radius 2 is 2.06 bits per heavy atom. The van der Waals surface area contributed by atoms with E-state index in [1.54, 1.807) is 20.0 Å². The van der Waals surface area contributed by atoms with Crippen LogP contribution < -0.4 is 10.5 Å². The zero-order valence-corrected chi connectivity index (χ0v) is 10.5. The van der Waals surface area contributed by atoms with Gasteiger partial charge in [0.1, 0.15) is 17.9 Å². The van der Waals surface area contributed by atoms with E-state index in [4.69, 9.17) is 10.5 Å². The molecule has 0 radical (unpaired) electrons. The number of ether oxygens (including phenoxy) is 1. The Morgan fingerprint density at radius 1 is 1.33 bits per heavy atom. The first-order valence-corrected chi connectivity index (χ1v) is 5.77. The van der Waals surface area contributed by atoms with Gasteiger partial charge in [-0.15, -0.1) is 0 Å². The van der Waals surface area contributed by atoms with Crippen molar-refractivity contribution in [2.24, 2.45) is 11.1 Å². The van der Waals surface area contributed by atoms with E-state index in [1.165, 1.54) is 0 Å². The van der Waals surface area contributed by atoms with Crippen LogP contribution in [0.2, 0.25) is 0 Å². The fourth-order valence-corrected chi connectivity index (χ4v) is 1.52. The molecule has 2 aromatic rings. The summed E-state index contributed by atoms with van der Waals surface area (Å²) in [4.78, 5) is 15.5. The lowest BCUT2D eigenvalue weighted by atomic mass is 9.94. The number of aromatic nitrogens is 1. The van der Waals surface area contributed by atoms with Crippen molar-refractivity contribution < 1.29 is 9.53 Å². The molecule has 4 heteroatoms. The Balaban J connectivity index is 2.25. The number of benzene rings is 1. The van der Waals surface area contributed by atoms with E-state index in [1.807, 2.05) is 30.3 Å². The number of nitrogens with two attached hydrogens (primary N) is 1. The summed E-state index contributed by atoms with van der Waals surface area (Å²) in [5, 5.41) is 1.01. The Morgan fingerprint density at radius 3 is 2.78 bits per heavy atom. The van der Waals surface area contributed by atoms with Crippen molar-refractivity contribution in [2.45, 2.75) is 13.8 Å². The number of amides is 1. The van der Waals surface area contributed by atoms with Gasteiger partial charge in [-0.2, -0.15) is 0 Å². The molecule has 1 aromatic carbocycles. The maximum Gasteiger partial charge on any atom is 0.226 e. The number of pyridine rings is 1. The van der Waals surface area contributed by atoms with Crippen LogP contribution in [0.25, 0.3) is 10.9 Å². The van der Waals surface area contributed by atoms with Gasteiger partial charge in [0.15, 0.2) is 0 Å². The highest BCUT2D eigenvalue weighted by Gasteiger charge is 2.26. The van der Waals surface area contributed by atoms with Gasteiger partial charge in [-0.3, -0.25) is 9.78 Å². The average Bonchev–Trinajstić information content (AvgIpc) is 2.36. The number of nitrogens with zero attached hydrogens (tertiary/aromatic N) is 1. The van der Waals surface area contributed by atoms with Crippen LogP contribution in [-0.2, 0) is 4.79 Å². The molecule has 1 heterocycles. The predicted octanol–water partition coefficient (Wildman–Crippen LogP) is 2.13. The fraction of sp³-hybridized carbons (Fsp3) is 0.286. The topological polar surface area (TPSA) is 65.2 Å². The molecule has 94 valence electrons. The van der Waals surface area contributed by atoms with Crippen molar-refractivity contribution in [3.63, 3.8) is 0 Å². The summed E-state index contributed by atoms with van der Waals surface area (Å²) in [6, 6.07) is 9.55. The summed E-state index contributed by atoms with van der Waals surface area (Å²) < 4.78 is 5.68. The highest BCUT2D eigenvalue weighted by atomic mass is 16.5. The van der Waals surface area contributed by atoms with Crippen LogP contribution in [0.1, 0.15) is 13.8 Å². The van der Waals surface area contributed by atoms with Gasteiger partial charge in [0.25, 0.3) is 0 Å². The maximum absolute atomic E-state index is 11.2. The number of carbonyl (C=O) groups excluding carboxylic acids is 1. The molecule has 0 saturated heterocycles. The standard InChI is InChI=1S/C14H16N2O2/c1-14(2,13(15)17)9-18-11-7-3-5-10-6-4-8-16-12(10)11/h3-8H,9H2,1-2H3,(H2,15,17). The average molecular weight is 244 g/mol. The van der Waals surface area contributed by atoms with Crippen LogP contribution in [-0.4, -0.2) is 17.5 Å². The largest absolute Gasteiger partial charge is 0.490 e. The first-order chi connectivity index (χ1) is 8.50. The predicted molar refractivity (Wildman–Crippen MR) is 70.2 cm³/mol. The van der Waals surface area contributed by atoms with E-state index in [9.17, 15) is 4.79 Å². The molecule has 0 saturated carbocycles. The summed E-state index contributed by atoms with van der Waals surface area (Å²) in [5.41, 5.74) is 5.41. The number of hydrogen-bond acceptors (Lipinski definition) is 3. The van der Waals surface area contributed by atoms with Crippen LogP contribution >= 0.6 is 0 Å². The minimum atomic E-state index is -0.697. The second kappa shape index (κ2) is 4.64. The molecule has 0 unspecified atom stereocenters. The first-order valence-electron chi connectivity index (χ1n) is 5.77. The van der Waals surface area contributed by atoms with Gasteiger partial charge < -0.3 is 10.5 Å². The van der Waals surface area contributed by atoms with Gasteiger partial charge >= 0.3 is 0 Å². The molecule has 4 nitrogen and oxygen atoms in total. The number of primary amides is 1. The number of rotatable bonds is 4. The van der Waals surface area contributed by atoms with Crippen molar-refractivity contribution in [1.82, 2.24) is 4.98 Å². The van der Waals surface area contributed by atoms with E-state index >= 15 is 0 Å². The highest BCUT2D eigenvalue weighted by Crippen LogP contribution is 2.25. The van der Waals surface area contributed by atoms with E-state index in [0.29, 0.717) is 5.75 Å². The zero-order valence-electron chi connectivity index (χ0n) is 10.5. The van der Waals surface area contributed by atoms with Crippen molar-refractivity contribution in [1.29, 1.82) is 0 Å². The second-order valence-electron chi connectivity index (χ2n) is 4.87. The van der Waals surface area contributed by atoms with Gasteiger partial charge in [0.2, 0.25) is 5.91 Å². The van der Waals surface area contributed by atoms with Crippen molar-refractivity contribution in [3.05, 3.63) is 36.5 Å². The lowest BCUT2D eigenvalue weighted by molar-refractivity contribution is -0.127. The molecule has 18 heavy (non-hydrogen) atoms. The summed E-state index contributed by atoms with van der Waals surface area (Å²) >= 11 is 0. The van der Waals surface area contributed by atoms with Gasteiger partial charge in [-0.05, 0) is 26.0 Å². The molecular formula is C14H16N2O2. The second-order valence-corrected chi connectivity index (χ2v) is 4.87.